The number of carboxylic acids is 1. The van der Waals surface area contributed by atoms with Crippen LogP contribution in [0.3, 0.4) is 0 Å². The molecular weight excluding hydrogens is 176 g/mol. The van der Waals surface area contributed by atoms with E-state index < -0.39 is 5.97 Å². The highest BCUT2D eigenvalue weighted by Crippen LogP contribution is 2.25. The van der Waals surface area contributed by atoms with Crippen LogP contribution in [0.1, 0.15) is 6.42 Å². The summed E-state index contributed by atoms with van der Waals surface area (Å²) in [5.41, 5.74) is 2.52. The summed E-state index contributed by atoms with van der Waals surface area (Å²) in [5.74, 6) is -0.835. The van der Waals surface area contributed by atoms with Gasteiger partial charge in [0.25, 0.3) is 0 Å². The molecule has 0 saturated heterocycles. The lowest BCUT2D eigenvalue weighted by molar-refractivity contribution is -0.132. The van der Waals surface area contributed by atoms with E-state index >= 15 is 0 Å². The van der Waals surface area contributed by atoms with Crippen LogP contribution in [0, 0.1) is 0 Å². The van der Waals surface area contributed by atoms with Crippen molar-refractivity contribution < 1.29 is 9.90 Å². The zero-order valence-corrected chi connectivity index (χ0v) is 7.60. The molecule has 0 aromatic heterocycles. The van der Waals surface area contributed by atoms with E-state index in [1.54, 1.807) is 6.08 Å². The van der Waals surface area contributed by atoms with E-state index in [9.17, 15) is 4.79 Å². The normalized spacial score (nSPS) is 19.0. The van der Waals surface area contributed by atoms with Crippen molar-refractivity contribution in [3.63, 3.8) is 0 Å². The van der Waals surface area contributed by atoms with Gasteiger partial charge in [0.1, 0.15) is 0 Å². The molecule has 2 aliphatic carbocycles. The van der Waals surface area contributed by atoms with Crippen molar-refractivity contribution >= 4 is 5.97 Å². The van der Waals surface area contributed by atoms with E-state index in [1.165, 1.54) is 0 Å². The Morgan fingerprint density at radius 2 is 2.07 bits per heavy atom. The second-order valence-corrected chi connectivity index (χ2v) is 3.20. The number of carbonyl (C=O) groups is 1. The first-order chi connectivity index (χ1) is 6.77. The molecule has 2 rings (SSSR count). The quantitative estimate of drug-likeness (QED) is 0.682. The highest BCUT2D eigenvalue weighted by atomic mass is 16.4. The van der Waals surface area contributed by atoms with Gasteiger partial charge in [-0.2, -0.15) is 0 Å². The molecule has 2 aliphatic rings. The Kier molecular flexibility index (Phi) is 2.19. The zero-order valence-electron chi connectivity index (χ0n) is 7.60. The van der Waals surface area contributed by atoms with Crippen molar-refractivity contribution in [1.82, 2.24) is 0 Å². The highest BCUT2D eigenvalue weighted by Gasteiger charge is 2.13. The van der Waals surface area contributed by atoms with Crippen LogP contribution in [0.15, 0.2) is 59.3 Å². The first kappa shape index (κ1) is 8.75. The van der Waals surface area contributed by atoms with Gasteiger partial charge in [0, 0.05) is 5.57 Å². The maximum absolute atomic E-state index is 10.8. The number of fused-ring (bicyclic) bond motifs is 1. The van der Waals surface area contributed by atoms with Gasteiger partial charge in [-0.3, -0.25) is 0 Å². The molecule has 1 N–H and O–H groups in total. The lowest BCUT2D eigenvalue weighted by Crippen LogP contribution is -2.04. The first-order valence-corrected chi connectivity index (χ1v) is 4.47. The summed E-state index contributed by atoms with van der Waals surface area (Å²) in [6.07, 6.45) is 13.9. The van der Waals surface area contributed by atoms with Crippen molar-refractivity contribution in [3.8, 4) is 0 Å². The van der Waals surface area contributed by atoms with Gasteiger partial charge in [0.05, 0.1) is 0 Å². The molecular formula is C12H10O2. The molecule has 0 aromatic carbocycles. The van der Waals surface area contributed by atoms with Crippen LogP contribution in [0.5, 0.6) is 0 Å². The van der Waals surface area contributed by atoms with Crippen LogP contribution in [0.2, 0.25) is 0 Å². The second kappa shape index (κ2) is 3.50. The number of allylic oxidation sites excluding steroid dienone is 9. The van der Waals surface area contributed by atoms with E-state index in [4.69, 9.17) is 5.11 Å². The van der Waals surface area contributed by atoms with Crippen molar-refractivity contribution in [1.29, 1.82) is 0 Å². The third-order valence-corrected chi connectivity index (χ3v) is 2.25. The Labute approximate surface area is 82.2 Å². The maximum Gasteiger partial charge on any atom is 0.331 e. The Hall–Kier alpha value is -1.83. The SMILES string of the molecule is O=C(O)C1=CC2=CC=CC=CC2=CC1. The topological polar surface area (TPSA) is 37.3 Å². The zero-order chi connectivity index (χ0) is 9.97. The molecule has 2 nitrogen and oxygen atoms in total. The molecule has 0 unspecified atom stereocenters. The molecule has 2 heteroatoms. The summed E-state index contributed by atoms with van der Waals surface area (Å²) < 4.78 is 0. The maximum atomic E-state index is 10.8. The summed E-state index contributed by atoms with van der Waals surface area (Å²) in [6, 6.07) is 0. The lowest BCUT2D eigenvalue weighted by atomic mass is 9.94. The standard InChI is InChI=1S/C12H10O2/c13-12(14)11-7-6-9-4-2-1-3-5-10(9)8-11/h1-6,8H,7H2,(H,13,14). The van der Waals surface area contributed by atoms with Gasteiger partial charge < -0.3 is 5.11 Å². The number of aliphatic carboxylic acids is 1. The van der Waals surface area contributed by atoms with Crippen LogP contribution < -0.4 is 0 Å². The van der Waals surface area contributed by atoms with E-state index in [2.05, 4.69) is 0 Å². The molecule has 0 radical (unpaired) electrons. The molecule has 0 amide bonds. The molecule has 0 saturated carbocycles. The van der Waals surface area contributed by atoms with Gasteiger partial charge in [0.2, 0.25) is 0 Å². The smallest absolute Gasteiger partial charge is 0.331 e. The van der Waals surface area contributed by atoms with Crippen molar-refractivity contribution in [2.75, 3.05) is 0 Å². The fourth-order valence-corrected chi connectivity index (χ4v) is 1.51. The molecule has 70 valence electrons. The van der Waals surface area contributed by atoms with Crippen LogP contribution in [0.25, 0.3) is 0 Å². The predicted octanol–water partition coefficient (Wildman–Crippen LogP) is 2.38. The van der Waals surface area contributed by atoms with E-state index in [0.29, 0.717) is 12.0 Å². The second-order valence-electron chi connectivity index (χ2n) is 3.20. The summed E-state index contributed by atoms with van der Waals surface area (Å²) in [4.78, 5) is 10.8. The summed E-state index contributed by atoms with van der Waals surface area (Å²) in [5, 5.41) is 8.84. The predicted molar refractivity (Wildman–Crippen MR) is 54.8 cm³/mol. The number of hydrogen-bond donors (Lipinski definition) is 1. The molecule has 0 atom stereocenters. The molecule has 0 heterocycles. The molecule has 0 bridgehead atoms. The van der Waals surface area contributed by atoms with Crippen molar-refractivity contribution in [3.05, 3.63) is 59.3 Å². The molecule has 0 aromatic rings. The van der Waals surface area contributed by atoms with Gasteiger partial charge in [-0.1, -0.05) is 36.5 Å². The fraction of sp³-hybridized carbons (Fsp3) is 0.0833. The lowest BCUT2D eigenvalue weighted by Gasteiger charge is -2.10. The molecule has 0 aliphatic heterocycles. The minimum absolute atomic E-state index is 0.448. The van der Waals surface area contributed by atoms with Gasteiger partial charge in [-0.05, 0) is 23.6 Å². The van der Waals surface area contributed by atoms with E-state index in [1.807, 2.05) is 36.5 Å². The average molecular weight is 186 g/mol. The van der Waals surface area contributed by atoms with Gasteiger partial charge >= 0.3 is 5.97 Å². The Bertz CT molecular complexity index is 418. The van der Waals surface area contributed by atoms with E-state index in [-0.39, 0.29) is 0 Å². The van der Waals surface area contributed by atoms with Gasteiger partial charge in [0.15, 0.2) is 0 Å². The average Bonchev–Trinajstić information content (AvgIpc) is 2.41. The summed E-state index contributed by atoms with van der Waals surface area (Å²) in [7, 11) is 0. The van der Waals surface area contributed by atoms with Gasteiger partial charge in [-0.25, -0.2) is 4.79 Å². The van der Waals surface area contributed by atoms with Crippen LogP contribution >= 0.6 is 0 Å². The Morgan fingerprint density at radius 1 is 1.21 bits per heavy atom. The van der Waals surface area contributed by atoms with Crippen LogP contribution in [0.4, 0.5) is 0 Å². The van der Waals surface area contributed by atoms with Crippen LogP contribution in [-0.2, 0) is 4.79 Å². The largest absolute Gasteiger partial charge is 0.478 e. The van der Waals surface area contributed by atoms with Gasteiger partial charge in [-0.15, -0.1) is 0 Å². The number of rotatable bonds is 1. The van der Waals surface area contributed by atoms with Crippen LogP contribution in [-0.4, -0.2) is 11.1 Å². The molecule has 0 spiro atoms. The number of hydrogen-bond acceptors (Lipinski definition) is 1. The molecule has 14 heavy (non-hydrogen) atoms. The third kappa shape index (κ3) is 1.59. The minimum Gasteiger partial charge on any atom is -0.478 e. The molecule has 0 fully saturated rings. The Balaban J connectivity index is 2.38. The highest BCUT2D eigenvalue weighted by molar-refractivity contribution is 5.88. The summed E-state index contributed by atoms with van der Waals surface area (Å²) in [6.45, 7) is 0. The minimum atomic E-state index is -0.835. The third-order valence-electron chi connectivity index (χ3n) is 2.25. The first-order valence-electron chi connectivity index (χ1n) is 4.47. The van der Waals surface area contributed by atoms with Crippen molar-refractivity contribution in [2.45, 2.75) is 6.42 Å². The monoisotopic (exact) mass is 186 g/mol. The number of carboxylic acid groups (broad SMARTS) is 1. The fourth-order valence-electron chi connectivity index (χ4n) is 1.51. The van der Waals surface area contributed by atoms with Crippen molar-refractivity contribution in [2.24, 2.45) is 0 Å². The Morgan fingerprint density at radius 3 is 2.86 bits per heavy atom. The summed E-state index contributed by atoms with van der Waals surface area (Å²) >= 11 is 0. The van der Waals surface area contributed by atoms with E-state index in [0.717, 1.165) is 11.1 Å².